The third-order valence-corrected chi connectivity index (χ3v) is 5.03. The number of carbonyl (C=O) groups is 2. The molecule has 3 rings (SSSR count). The van der Waals surface area contributed by atoms with Crippen LogP contribution < -0.4 is 15.4 Å². The number of nitrogens with one attached hydrogen (secondary N) is 2. The van der Waals surface area contributed by atoms with Crippen LogP contribution in [-0.2, 0) is 17.4 Å². The van der Waals surface area contributed by atoms with E-state index in [9.17, 15) is 22.8 Å². The number of para-hydroxylation sites is 1. The number of ether oxygens (including phenoxy) is 1. The lowest BCUT2D eigenvalue weighted by Crippen LogP contribution is -2.21. The summed E-state index contributed by atoms with van der Waals surface area (Å²) in [4.78, 5) is 24.6. The molecule has 0 aliphatic heterocycles. The molecule has 0 saturated carbocycles. The van der Waals surface area contributed by atoms with Crippen LogP contribution in [0.25, 0.3) is 0 Å². The van der Waals surface area contributed by atoms with Gasteiger partial charge in [-0.2, -0.15) is 13.2 Å². The van der Waals surface area contributed by atoms with Crippen LogP contribution in [0, 0.1) is 0 Å². The van der Waals surface area contributed by atoms with Crippen LogP contribution in [0.2, 0.25) is 5.02 Å². The Labute approximate surface area is 193 Å². The Morgan fingerprint density at radius 1 is 0.939 bits per heavy atom. The van der Waals surface area contributed by atoms with Crippen molar-refractivity contribution in [1.29, 1.82) is 0 Å². The molecular weight excluding hydrogens is 457 g/mol. The van der Waals surface area contributed by atoms with Crippen LogP contribution in [0.4, 0.5) is 24.5 Å². The first-order chi connectivity index (χ1) is 15.7. The molecule has 0 bridgehead atoms. The van der Waals surface area contributed by atoms with Gasteiger partial charge in [-0.05, 0) is 60.5 Å². The van der Waals surface area contributed by atoms with Crippen molar-refractivity contribution in [1.82, 2.24) is 0 Å². The Morgan fingerprint density at radius 2 is 1.64 bits per heavy atom. The molecule has 0 aromatic heterocycles. The minimum atomic E-state index is -4.56. The van der Waals surface area contributed by atoms with E-state index in [2.05, 4.69) is 10.6 Å². The molecule has 5 nitrogen and oxygen atoms in total. The van der Waals surface area contributed by atoms with Crippen LogP contribution in [0.1, 0.15) is 28.4 Å². The topological polar surface area (TPSA) is 67.4 Å². The maximum atomic E-state index is 12.8. The number of hydrogen-bond donors (Lipinski definition) is 2. The lowest BCUT2D eigenvalue weighted by molar-refractivity contribution is -0.137. The molecule has 0 radical (unpaired) electrons. The van der Waals surface area contributed by atoms with Crippen molar-refractivity contribution in [3.8, 4) is 5.75 Å². The van der Waals surface area contributed by atoms with E-state index in [4.69, 9.17) is 16.3 Å². The Hall–Kier alpha value is -3.52. The molecular formula is C24H20ClF3N2O3. The van der Waals surface area contributed by atoms with E-state index < -0.39 is 24.3 Å². The second kappa shape index (κ2) is 10.4. The fraction of sp³-hybridized carbons (Fsp3) is 0.167. The zero-order chi connectivity index (χ0) is 24.0. The minimum absolute atomic E-state index is 0.0311. The highest BCUT2D eigenvalue weighted by Gasteiger charge is 2.31. The highest BCUT2D eigenvalue weighted by Crippen LogP contribution is 2.33. The van der Waals surface area contributed by atoms with E-state index in [1.807, 2.05) is 31.2 Å². The lowest BCUT2D eigenvalue weighted by atomic mass is 10.1. The van der Waals surface area contributed by atoms with Crippen molar-refractivity contribution in [3.05, 3.63) is 88.4 Å². The average Bonchev–Trinajstić information content (AvgIpc) is 2.79. The van der Waals surface area contributed by atoms with Crippen LogP contribution >= 0.6 is 11.6 Å². The third-order valence-electron chi connectivity index (χ3n) is 4.70. The molecule has 0 aliphatic carbocycles. The van der Waals surface area contributed by atoms with Crippen molar-refractivity contribution in [2.75, 3.05) is 17.2 Å². The predicted octanol–water partition coefficient (Wildman–Crippen LogP) is 6.19. The molecule has 0 fully saturated rings. The Balaban J connectivity index is 1.57. The highest BCUT2D eigenvalue weighted by molar-refractivity contribution is 6.33. The van der Waals surface area contributed by atoms with Crippen LogP contribution in [0.3, 0.4) is 0 Å². The molecule has 0 spiro atoms. The van der Waals surface area contributed by atoms with Gasteiger partial charge in [-0.15, -0.1) is 0 Å². The zero-order valence-electron chi connectivity index (χ0n) is 17.5. The number of halogens is 4. The van der Waals surface area contributed by atoms with E-state index in [0.717, 1.165) is 35.9 Å². The maximum Gasteiger partial charge on any atom is 0.416 e. The number of benzene rings is 3. The molecule has 3 aromatic carbocycles. The van der Waals surface area contributed by atoms with Crippen molar-refractivity contribution < 1.29 is 27.5 Å². The average molecular weight is 477 g/mol. The summed E-state index contributed by atoms with van der Waals surface area (Å²) in [5.74, 6) is -0.667. The van der Waals surface area contributed by atoms with Gasteiger partial charge in [0.15, 0.2) is 6.61 Å². The summed E-state index contributed by atoms with van der Waals surface area (Å²) in [6.45, 7) is 1.54. The molecule has 2 N–H and O–H groups in total. The quantitative estimate of drug-likeness (QED) is 0.427. The molecule has 2 amide bonds. The summed E-state index contributed by atoms with van der Waals surface area (Å²) in [6, 6.07) is 16.3. The Bertz CT molecular complexity index is 1150. The van der Waals surface area contributed by atoms with E-state index in [0.29, 0.717) is 11.3 Å². The summed E-state index contributed by atoms with van der Waals surface area (Å²) in [5.41, 5.74) is 1.04. The van der Waals surface area contributed by atoms with Crippen LogP contribution in [0.15, 0.2) is 66.7 Å². The molecule has 9 heteroatoms. The molecule has 0 atom stereocenters. The number of carbonyl (C=O) groups excluding carboxylic acids is 2. The van der Waals surface area contributed by atoms with Crippen molar-refractivity contribution in [2.24, 2.45) is 0 Å². The van der Waals surface area contributed by atoms with E-state index in [1.165, 1.54) is 12.1 Å². The van der Waals surface area contributed by atoms with Crippen molar-refractivity contribution >= 4 is 34.8 Å². The molecule has 0 unspecified atom stereocenters. The van der Waals surface area contributed by atoms with Gasteiger partial charge in [-0.1, -0.05) is 36.7 Å². The maximum absolute atomic E-state index is 12.8. The highest BCUT2D eigenvalue weighted by atomic mass is 35.5. The third kappa shape index (κ3) is 6.49. The smallest absolute Gasteiger partial charge is 0.416 e. The van der Waals surface area contributed by atoms with Gasteiger partial charge in [0.25, 0.3) is 11.8 Å². The fourth-order valence-corrected chi connectivity index (χ4v) is 3.14. The SMILES string of the molecule is CCc1ccccc1NC(=O)c1ccc(OCC(=O)Nc2cc(C(F)(F)F)ccc2Cl)cc1. The fourth-order valence-electron chi connectivity index (χ4n) is 2.98. The normalized spacial score (nSPS) is 11.1. The first-order valence-corrected chi connectivity index (χ1v) is 10.3. The number of hydrogen-bond acceptors (Lipinski definition) is 3. The lowest BCUT2D eigenvalue weighted by Gasteiger charge is -2.12. The van der Waals surface area contributed by atoms with Crippen molar-refractivity contribution in [3.63, 3.8) is 0 Å². The number of alkyl halides is 3. The second-order valence-electron chi connectivity index (χ2n) is 7.02. The monoisotopic (exact) mass is 476 g/mol. The molecule has 33 heavy (non-hydrogen) atoms. The molecule has 0 saturated heterocycles. The largest absolute Gasteiger partial charge is 0.484 e. The van der Waals surface area contributed by atoms with Gasteiger partial charge in [-0.25, -0.2) is 0 Å². The summed E-state index contributed by atoms with van der Waals surface area (Å²) in [5, 5.41) is 5.13. The first-order valence-electron chi connectivity index (χ1n) is 9.96. The van der Waals surface area contributed by atoms with E-state index in [-0.39, 0.29) is 16.6 Å². The minimum Gasteiger partial charge on any atom is -0.484 e. The van der Waals surface area contributed by atoms with Gasteiger partial charge in [0, 0.05) is 11.3 Å². The van der Waals surface area contributed by atoms with E-state index in [1.54, 1.807) is 12.1 Å². The summed E-state index contributed by atoms with van der Waals surface area (Å²) >= 11 is 5.87. The Kier molecular flexibility index (Phi) is 7.60. The van der Waals surface area contributed by atoms with Gasteiger partial charge in [0.2, 0.25) is 0 Å². The van der Waals surface area contributed by atoms with E-state index >= 15 is 0 Å². The zero-order valence-corrected chi connectivity index (χ0v) is 18.3. The van der Waals surface area contributed by atoms with Gasteiger partial charge in [0.1, 0.15) is 5.75 Å². The Morgan fingerprint density at radius 3 is 2.30 bits per heavy atom. The predicted molar refractivity (Wildman–Crippen MR) is 121 cm³/mol. The summed E-state index contributed by atoms with van der Waals surface area (Å²) < 4.78 is 43.9. The van der Waals surface area contributed by atoms with Gasteiger partial charge in [0.05, 0.1) is 16.3 Å². The molecule has 0 aliphatic rings. The molecule has 0 heterocycles. The number of aryl methyl sites for hydroxylation is 1. The van der Waals surface area contributed by atoms with Crippen LogP contribution in [0.5, 0.6) is 5.75 Å². The number of anilines is 2. The number of amides is 2. The van der Waals surface area contributed by atoms with Gasteiger partial charge >= 0.3 is 6.18 Å². The van der Waals surface area contributed by atoms with Gasteiger partial charge in [-0.3, -0.25) is 9.59 Å². The first kappa shape index (κ1) is 24.1. The summed E-state index contributed by atoms with van der Waals surface area (Å²) in [7, 11) is 0. The number of rotatable bonds is 7. The molecule has 3 aromatic rings. The second-order valence-corrected chi connectivity index (χ2v) is 7.43. The van der Waals surface area contributed by atoms with Crippen LogP contribution in [-0.4, -0.2) is 18.4 Å². The van der Waals surface area contributed by atoms with Crippen molar-refractivity contribution in [2.45, 2.75) is 19.5 Å². The van der Waals surface area contributed by atoms with Gasteiger partial charge < -0.3 is 15.4 Å². The molecule has 172 valence electrons. The standard InChI is InChI=1S/C24H20ClF3N2O3/c1-2-15-5-3-4-6-20(15)30-23(32)16-7-10-18(11-8-16)33-14-22(31)29-21-13-17(24(26,27)28)9-12-19(21)25/h3-13H,2,14H2,1H3,(H,29,31)(H,30,32). The summed E-state index contributed by atoms with van der Waals surface area (Å²) in [6.07, 6.45) is -3.79.